The van der Waals surface area contributed by atoms with Crippen LogP contribution in [0.25, 0.3) is 0 Å². The molecule has 3 rings (SSSR count). The molecule has 0 aromatic heterocycles. The van der Waals surface area contributed by atoms with Crippen molar-refractivity contribution in [3.8, 4) is 0 Å². The van der Waals surface area contributed by atoms with Gasteiger partial charge in [-0.05, 0) is 4.90 Å². The number of hydrogen-bond donors (Lipinski definition) is 0. The zero-order chi connectivity index (χ0) is 10.3. The summed E-state index contributed by atoms with van der Waals surface area (Å²) >= 11 is 1.78. The summed E-state index contributed by atoms with van der Waals surface area (Å²) < 4.78 is 12.2. The second-order valence-corrected chi connectivity index (χ2v) is 6.03. The van der Waals surface area contributed by atoms with Gasteiger partial charge in [-0.15, -0.1) is 21.5 Å². The Balaban J connectivity index is 2.26. The lowest BCUT2D eigenvalue weighted by atomic mass is 10.2. The van der Waals surface area contributed by atoms with Gasteiger partial charge in [0, 0.05) is 5.25 Å². The summed E-state index contributed by atoms with van der Waals surface area (Å²) in [5.41, 5.74) is 0. The molecular weight excluding hydrogens is 224 g/mol. The van der Waals surface area contributed by atoms with Crippen LogP contribution in [-0.2, 0) is 14.6 Å². The van der Waals surface area contributed by atoms with Crippen molar-refractivity contribution in [2.75, 3.05) is 0 Å². The van der Waals surface area contributed by atoms with Crippen LogP contribution in [0.1, 0.15) is 0 Å². The fourth-order valence-electron chi connectivity index (χ4n) is 1.73. The lowest BCUT2D eigenvalue weighted by molar-refractivity contribution is 0.602. The Labute approximate surface area is 94.9 Å². The summed E-state index contributed by atoms with van der Waals surface area (Å²) in [6, 6.07) is 7.94. The average Bonchev–Trinajstić information content (AvgIpc) is 2.30. The molecule has 15 heavy (non-hydrogen) atoms. The molecule has 0 fully saturated rings. The van der Waals surface area contributed by atoms with Gasteiger partial charge >= 0.3 is 0 Å². The quantitative estimate of drug-likeness (QED) is 0.506. The predicted octanol–water partition coefficient (Wildman–Crippen LogP) is 2.78. The van der Waals surface area contributed by atoms with Crippen molar-refractivity contribution in [1.29, 1.82) is 0 Å². The van der Waals surface area contributed by atoms with Crippen LogP contribution in [-0.4, -0.2) is 10.1 Å². The van der Waals surface area contributed by atoms with E-state index in [-0.39, 0.29) is 5.25 Å². The Morgan fingerprint density at radius 2 is 2.07 bits per heavy atom. The molecule has 0 saturated heterocycles. The van der Waals surface area contributed by atoms with Gasteiger partial charge in [0.2, 0.25) is 0 Å². The van der Waals surface area contributed by atoms with Crippen LogP contribution in [0.4, 0.5) is 0 Å². The monoisotopic (exact) mass is 233 g/mol. The minimum absolute atomic E-state index is 0.255. The molecule has 3 heteroatoms. The van der Waals surface area contributed by atoms with E-state index in [1.165, 1.54) is 0 Å². The van der Waals surface area contributed by atoms with Crippen LogP contribution in [0, 0.1) is 0 Å². The van der Waals surface area contributed by atoms with Crippen LogP contribution in [0.2, 0.25) is 0 Å². The molecule has 1 aromatic rings. The number of hydrogen-bond acceptors (Lipinski definition) is 3. The molecule has 0 spiro atoms. The summed E-state index contributed by atoms with van der Waals surface area (Å²) in [4.78, 5) is 3.11. The zero-order valence-corrected chi connectivity index (χ0v) is 9.55. The van der Waals surface area contributed by atoms with E-state index in [9.17, 15) is 4.21 Å². The Kier molecular flexibility index (Phi) is 2.22. The standard InChI is InChI=1S/C12H9OS2/c13-15-11-7-3-1-5-9(11)14-10-6-2-4-8-12(10)15/h1-9H/q-1. The number of allylic oxidation sites excluding steroid dienone is 3. The predicted molar refractivity (Wildman–Crippen MR) is 65.7 cm³/mol. The highest BCUT2D eigenvalue weighted by atomic mass is 32.2. The summed E-state index contributed by atoms with van der Waals surface area (Å²) in [7, 11) is -0.974. The maximum Gasteiger partial charge on any atom is 0.0314 e. The van der Waals surface area contributed by atoms with Crippen LogP contribution < -0.4 is 0 Å². The number of fused-ring (bicyclic) bond motifs is 2. The molecule has 1 aliphatic carbocycles. The first kappa shape index (κ1) is 9.31. The fraction of sp³-hybridized carbons (Fsp3) is 0.0833. The molecule has 1 atom stereocenters. The largest absolute Gasteiger partial charge is 0.457 e. The minimum atomic E-state index is -0.974. The lowest BCUT2D eigenvalue weighted by Gasteiger charge is -2.30. The van der Waals surface area contributed by atoms with Crippen LogP contribution >= 0.6 is 11.8 Å². The van der Waals surface area contributed by atoms with E-state index in [0.29, 0.717) is 0 Å². The minimum Gasteiger partial charge on any atom is -0.457 e. The van der Waals surface area contributed by atoms with Crippen molar-refractivity contribution in [3.05, 3.63) is 48.6 Å². The van der Waals surface area contributed by atoms with Gasteiger partial charge < -0.3 is 4.21 Å². The third-order valence-corrected chi connectivity index (χ3v) is 5.58. The second-order valence-electron chi connectivity index (χ2n) is 3.40. The Morgan fingerprint density at radius 1 is 1.20 bits per heavy atom. The van der Waals surface area contributed by atoms with E-state index < -0.39 is 10.4 Å². The molecule has 1 nitrogen and oxygen atoms in total. The molecule has 1 aliphatic heterocycles. The molecule has 0 radical (unpaired) electrons. The van der Waals surface area contributed by atoms with Crippen molar-refractivity contribution in [2.45, 2.75) is 15.0 Å². The van der Waals surface area contributed by atoms with Crippen molar-refractivity contribution in [1.82, 2.24) is 0 Å². The van der Waals surface area contributed by atoms with Gasteiger partial charge in [-0.1, -0.05) is 48.6 Å². The van der Waals surface area contributed by atoms with Gasteiger partial charge in [0.1, 0.15) is 0 Å². The Bertz CT molecular complexity index is 548. The summed E-state index contributed by atoms with van der Waals surface area (Å²) in [5.74, 6) is 0. The molecule has 0 N–H and O–H groups in total. The maximum atomic E-state index is 12.2. The number of rotatable bonds is 0. The number of thioether (sulfide) groups is 1. The molecule has 1 aromatic carbocycles. The van der Waals surface area contributed by atoms with Crippen LogP contribution in [0.3, 0.4) is 0 Å². The Hall–Kier alpha value is -0.930. The van der Waals surface area contributed by atoms with E-state index >= 15 is 0 Å². The van der Waals surface area contributed by atoms with E-state index in [1.54, 1.807) is 11.8 Å². The molecule has 0 amide bonds. The van der Waals surface area contributed by atoms with E-state index in [2.05, 4.69) is 6.08 Å². The Morgan fingerprint density at radius 3 is 3.00 bits per heavy atom. The maximum absolute atomic E-state index is 12.2. The highest BCUT2D eigenvalue weighted by Crippen LogP contribution is 2.35. The van der Waals surface area contributed by atoms with Crippen molar-refractivity contribution < 1.29 is 4.21 Å². The highest BCUT2D eigenvalue weighted by molar-refractivity contribution is 8.04. The lowest BCUT2D eigenvalue weighted by Crippen LogP contribution is -2.20. The fourth-order valence-corrected chi connectivity index (χ4v) is 4.69. The summed E-state index contributed by atoms with van der Waals surface area (Å²) in [6.45, 7) is 0. The normalized spacial score (nSPS) is 23.7. The van der Waals surface area contributed by atoms with E-state index in [0.717, 1.165) is 14.7 Å². The molecule has 1 heterocycles. The molecule has 0 bridgehead atoms. The van der Waals surface area contributed by atoms with Crippen molar-refractivity contribution in [2.24, 2.45) is 0 Å². The molecule has 0 saturated carbocycles. The topological polar surface area (TPSA) is 17.1 Å². The third kappa shape index (κ3) is 1.46. The van der Waals surface area contributed by atoms with Gasteiger partial charge in [-0.25, -0.2) is 10.4 Å². The highest BCUT2D eigenvalue weighted by Gasteiger charge is 2.15. The second kappa shape index (κ2) is 3.58. The van der Waals surface area contributed by atoms with Crippen molar-refractivity contribution >= 4 is 27.0 Å². The van der Waals surface area contributed by atoms with Gasteiger partial charge in [-0.3, -0.25) is 0 Å². The molecular formula is C12H9OS2-. The van der Waals surface area contributed by atoms with Gasteiger partial charge in [-0.2, -0.15) is 0 Å². The van der Waals surface area contributed by atoms with E-state index in [1.807, 2.05) is 42.5 Å². The first-order valence-electron chi connectivity index (χ1n) is 4.75. The van der Waals surface area contributed by atoms with Gasteiger partial charge in [0.25, 0.3) is 0 Å². The zero-order valence-electron chi connectivity index (χ0n) is 7.92. The average molecular weight is 233 g/mol. The van der Waals surface area contributed by atoms with Crippen LogP contribution in [0.15, 0.2) is 58.4 Å². The molecule has 76 valence electrons. The summed E-state index contributed by atoms with van der Waals surface area (Å²) in [5, 5.41) is 0.255. The molecule has 2 aliphatic rings. The molecule has 1 unspecified atom stereocenters. The third-order valence-electron chi connectivity index (χ3n) is 2.45. The smallest absolute Gasteiger partial charge is 0.0314 e. The SMILES string of the molecule is O=[S-]1=C2C=CC=CC2Sc2ccccc21. The first-order chi connectivity index (χ1) is 7.36. The van der Waals surface area contributed by atoms with Gasteiger partial charge in [0.05, 0.1) is 0 Å². The van der Waals surface area contributed by atoms with Crippen molar-refractivity contribution in [3.63, 3.8) is 0 Å². The number of benzene rings is 1. The first-order valence-corrected chi connectivity index (χ1v) is 6.78. The van der Waals surface area contributed by atoms with E-state index in [4.69, 9.17) is 0 Å². The van der Waals surface area contributed by atoms with Crippen LogP contribution in [0.5, 0.6) is 0 Å². The van der Waals surface area contributed by atoms with Gasteiger partial charge in [0.15, 0.2) is 0 Å². The summed E-state index contributed by atoms with van der Waals surface area (Å²) in [6.07, 6.45) is 8.06.